The Balaban J connectivity index is 2.63. The molecule has 0 aromatic rings. The summed E-state index contributed by atoms with van der Waals surface area (Å²) in [4.78, 5) is 0. The average Bonchev–Trinajstić information content (AvgIpc) is 1.74. The van der Waals surface area contributed by atoms with Gasteiger partial charge in [-0.3, -0.25) is 0 Å². The molecule has 0 radical (unpaired) electrons. The van der Waals surface area contributed by atoms with Gasteiger partial charge in [-0.25, -0.2) is 13.6 Å². The van der Waals surface area contributed by atoms with Crippen molar-refractivity contribution in [3.8, 4) is 0 Å². The molecule has 0 amide bonds. The summed E-state index contributed by atoms with van der Waals surface area (Å²) in [5.74, 6) is 0.343. The lowest BCUT2D eigenvalue weighted by molar-refractivity contribution is 0.294. The van der Waals surface area contributed by atoms with Crippen LogP contribution in [0.4, 0.5) is 0 Å². The fraction of sp³-hybridized carbons (Fsp3) is 1.00. The fourth-order valence-corrected chi connectivity index (χ4v) is 2.92. The fourth-order valence-electron chi connectivity index (χ4n) is 1.65. The van der Waals surface area contributed by atoms with Crippen LogP contribution >= 0.6 is 0 Å². The molecule has 0 heterocycles. The second-order valence-corrected chi connectivity index (χ2v) is 5.01. The van der Waals surface area contributed by atoms with Crippen LogP contribution in [-0.2, 0) is 10.0 Å². The Hall–Kier alpha value is -0.0900. The van der Waals surface area contributed by atoms with Crippen molar-refractivity contribution in [1.29, 1.82) is 0 Å². The van der Waals surface area contributed by atoms with Crippen molar-refractivity contribution in [3.63, 3.8) is 0 Å². The van der Waals surface area contributed by atoms with Gasteiger partial charge in [-0.2, -0.15) is 0 Å². The zero-order chi connectivity index (χ0) is 8.48. The van der Waals surface area contributed by atoms with Gasteiger partial charge in [0.15, 0.2) is 0 Å². The van der Waals surface area contributed by atoms with E-state index in [1.54, 1.807) is 0 Å². The van der Waals surface area contributed by atoms with Crippen LogP contribution in [0.5, 0.6) is 0 Å². The van der Waals surface area contributed by atoms with E-state index in [2.05, 4.69) is 0 Å². The smallest absolute Gasteiger partial charge is 0.212 e. The Bertz CT molecular complexity index is 219. The van der Waals surface area contributed by atoms with Crippen LogP contribution in [0.2, 0.25) is 0 Å². The molecule has 1 aliphatic rings. The van der Waals surface area contributed by atoms with Gasteiger partial charge < -0.3 is 0 Å². The molecule has 1 saturated carbocycles. The lowest BCUT2D eigenvalue weighted by Gasteiger charge is -2.31. The molecule has 2 N–H and O–H groups in total. The molecule has 66 valence electrons. The minimum Gasteiger partial charge on any atom is -0.228 e. The van der Waals surface area contributed by atoms with Crippen LogP contribution in [0.1, 0.15) is 32.6 Å². The monoisotopic (exact) mass is 177 g/mol. The molecule has 3 nitrogen and oxygen atoms in total. The molecular weight excluding hydrogens is 162 g/mol. The van der Waals surface area contributed by atoms with E-state index in [0.29, 0.717) is 12.3 Å². The van der Waals surface area contributed by atoms with Crippen molar-refractivity contribution in [1.82, 2.24) is 0 Å². The minimum atomic E-state index is -3.28. The largest absolute Gasteiger partial charge is 0.228 e. The summed E-state index contributed by atoms with van der Waals surface area (Å²) in [6, 6.07) is 0. The second kappa shape index (κ2) is 3.11. The molecule has 4 heteroatoms. The second-order valence-electron chi connectivity index (χ2n) is 3.23. The zero-order valence-electron chi connectivity index (χ0n) is 6.79. The molecule has 0 aromatic heterocycles. The highest BCUT2D eigenvalue weighted by atomic mass is 32.2. The predicted molar refractivity (Wildman–Crippen MR) is 44.5 cm³/mol. The van der Waals surface area contributed by atoms with E-state index in [4.69, 9.17) is 5.14 Å². The number of primary sulfonamides is 1. The van der Waals surface area contributed by atoms with Crippen molar-refractivity contribution >= 4 is 10.0 Å². The van der Waals surface area contributed by atoms with E-state index in [0.717, 1.165) is 19.3 Å². The Labute approximate surface area is 68.0 Å². The van der Waals surface area contributed by atoms with Gasteiger partial charge in [0.1, 0.15) is 0 Å². The molecule has 0 spiro atoms. The van der Waals surface area contributed by atoms with Crippen molar-refractivity contribution in [3.05, 3.63) is 0 Å². The first-order valence-electron chi connectivity index (χ1n) is 4.07. The van der Waals surface area contributed by atoms with E-state index in [9.17, 15) is 8.42 Å². The van der Waals surface area contributed by atoms with Gasteiger partial charge in [-0.05, 0) is 25.2 Å². The number of nitrogens with two attached hydrogens (primary N) is 1. The van der Waals surface area contributed by atoms with E-state index in [1.165, 1.54) is 0 Å². The Kier molecular flexibility index (Phi) is 2.54. The highest BCUT2D eigenvalue weighted by Crippen LogP contribution is 2.33. The molecule has 1 fully saturated rings. The van der Waals surface area contributed by atoms with Gasteiger partial charge in [0.2, 0.25) is 10.0 Å². The Morgan fingerprint density at radius 2 is 2.09 bits per heavy atom. The van der Waals surface area contributed by atoms with E-state index in [1.807, 2.05) is 6.92 Å². The van der Waals surface area contributed by atoms with Crippen molar-refractivity contribution in [2.45, 2.75) is 37.9 Å². The van der Waals surface area contributed by atoms with Crippen molar-refractivity contribution < 1.29 is 8.42 Å². The van der Waals surface area contributed by atoms with E-state index < -0.39 is 10.0 Å². The minimum absolute atomic E-state index is 0.281. The lowest BCUT2D eigenvalue weighted by Crippen LogP contribution is -2.37. The summed E-state index contributed by atoms with van der Waals surface area (Å²) >= 11 is 0. The van der Waals surface area contributed by atoms with Gasteiger partial charge >= 0.3 is 0 Å². The maximum absolute atomic E-state index is 11.0. The highest BCUT2D eigenvalue weighted by Gasteiger charge is 2.33. The summed E-state index contributed by atoms with van der Waals surface area (Å²) < 4.78 is 21.9. The summed E-state index contributed by atoms with van der Waals surface area (Å²) in [6.45, 7) is 1.88. The average molecular weight is 177 g/mol. The molecule has 0 aliphatic heterocycles. The maximum atomic E-state index is 11.0. The molecule has 0 aromatic carbocycles. The van der Waals surface area contributed by atoms with Gasteiger partial charge in [0, 0.05) is 0 Å². The molecule has 1 atom stereocenters. The third-order valence-electron chi connectivity index (χ3n) is 2.50. The highest BCUT2D eigenvalue weighted by molar-refractivity contribution is 7.89. The molecule has 0 saturated heterocycles. The number of hydrogen-bond acceptors (Lipinski definition) is 2. The number of sulfonamides is 1. The third kappa shape index (κ3) is 1.93. The standard InChI is InChI=1S/C7H15NO2S/c1-2-7(11(8,9)10)6-4-3-5-6/h6-7H,2-5H2,1H3,(H2,8,9,10). The van der Waals surface area contributed by atoms with Crippen LogP contribution in [0.15, 0.2) is 0 Å². The molecular formula is C7H15NO2S. The maximum Gasteiger partial charge on any atom is 0.212 e. The van der Waals surface area contributed by atoms with E-state index >= 15 is 0 Å². The summed E-state index contributed by atoms with van der Waals surface area (Å²) in [5, 5.41) is 4.79. The molecule has 1 aliphatic carbocycles. The zero-order valence-corrected chi connectivity index (χ0v) is 7.60. The first-order valence-corrected chi connectivity index (χ1v) is 5.68. The molecule has 11 heavy (non-hydrogen) atoms. The van der Waals surface area contributed by atoms with Crippen LogP contribution in [0.3, 0.4) is 0 Å². The number of hydrogen-bond donors (Lipinski definition) is 1. The molecule has 1 unspecified atom stereocenters. The first kappa shape index (κ1) is 9.00. The normalized spacial score (nSPS) is 22.7. The topological polar surface area (TPSA) is 60.2 Å². The predicted octanol–water partition coefficient (Wildman–Crippen LogP) is 0.854. The van der Waals surface area contributed by atoms with Gasteiger partial charge in [0.05, 0.1) is 5.25 Å². The third-order valence-corrected chi connectivity index (χ3v) is 4.06. The quantitative estimate of drug-likeness (QED) is 0.694. The summed E-state index contributed by atoms with van der Waals surface area (Å²) in [6.07, 6.45) is 3.89. The van der Waals surface area contributed by atoms with Gasteiger partial charge in [-0.15, -0.1) is 0 Å². The van der Waals surface area contributed by atoms with Crippen LogP contribution in [0.25, 0.3) is 0 Å². The van der Waals surface area contributed by atoms with Crippen LogP contribution in [0, 0.1) is 5.92 Å². The molecule has 1 rings (SSSR count). The van der Waals surface area contributed by atoms with Gasteiger partial charge in [0.25, 0.3) is 0 Å². The van der Waals surface area contributed by atoms with Crippen LogP contribution < -0.4 is 5.14 Å². The Morgan fingerprint density at radius 3 is 2.18 bits per heavy atom. The summed E-state index contributed by atoms with van der Waals surface area (Å²) in [7, 11) is -3.28. The lowest BCUT2D eigenvalue weighted by atomic mass is 9.82. The van der Waals surface area contributed by atoms with Gasteiger partial charge in [-0.1, -0.05) is 13.3 Å². The number of rotatable bonds is 3. The Morgan fingerprint density at radius 1 is 1.55 bits per heavy atom. The van der Waals surface area contributed by atoms with Crippen molar-refractivity contribution in [2.75, 3.05) is 0 Å². The van der Waals surface area contributed by atoms with Crippen molar-refractivity contribution in [2.24, 2.45) is 11.1 Å². The SMILES string of the molecule is CCC(C1CCC1)S(N)(=O)=O. The molecule has 0 bridgehead atoms. The van der Waals surface area contributed by atoms with E-state index in [-0.39, 0.29) is 5.25 Å². The van der Waals surface area contributed by atoms with Crippen LogP contribution in [-0.4, -0.2) is 13.7 Å². The summed E-state index contributed by atoms with van der Waals surface area (Å²) in [5.41, 5.74) is 0. The first-order chi connectivity index (χ1) is 5.05.